The molecule has 18 heavy (non-hydrogen) atoms. The van der Waals surface area contributed by atoms with Crippen molar-refractivity contribution >= 4 is 5.91 Å². The number of hydrogen-bond acceptors (Lipinski definition) is 2. The Morgan fingerprint density at radius 3 is 2.72 bits per heavy atom. The third kappa shape index (κ3) is 4.11. The Balaban J connectivity index is 2.57. The summed E-state index contributed by atoms with van der Waals surface area (Å²) in [7, 11) is 0. The van der Waals surface area contributed by atoms with E-state index in [-0.39, 0.29) is 17.8 Å². The lowest BCUT2D eigenvalue weighted by Gasteiger charge is -2.18. The van der Waals surface area contributed by atoms with Crippen LogP contribution >= 0.6 is 0 Å². The van der Waals surface area contributed by atoms with Crippen LogP contribution < -0.4 is 11.1 Å². The molecule has 3 nitrogen and oxygen atoms in total. The van der Waals surface area contributed by atoms with E-state index in [1.807, 2.05) is 6.92 Å². The first-order valence-electron chi connectivity index (χ1n) is 6.36. The maximum absolute atomic E-state index is 13.5. The van der Waals surface area contributed by atoms with Crippen LogP contribution in [0.15, 0.2) is 24.3 Å². The molecule has 0 saturated carbocycles. The molecule has 0 radical (unpaired) electrons. The quantitative estimate of drug-likeness (QED) is 0.817. The fourth-order valence-corrected chi connectivity index (χ4v) is 1.78. The number of nitrogens with one attached hydrogen (secondary N) is 1. The summed E-state index contributed by atoms with van der Waals surface area (Å²) in [6, 6.07) is 5.54. The maximum Gasteiger partial charge on any atom is 0.237 e. The third-order valence-corrected chi connectivity index (χ3v) is 2.94. The molecule has 3 N–H and O–H groups in total. The molecular formula is C14H21FN2O. The van der Waals surface area contributed by atoms with Crippen molar-refractivity contribution in [3.05, 3.63) is 35.6 Å². The first kappa shape index (κ1) is 14.6. The number of benzene rings is 1. The van der Waals surface area contributed by atoms with E-state index < -0.39 is 6.04 Å². The molecule has 1 aromatic rings. The molecule has 0 aliphatic carbocycles. The number of halogens is 1. The van der Waals surface area contributed by atoms with Gasteiger partial charge in [0.1, 0.15) is 5.82 Å². The molecule has 1 amide bonds. The topological polar surface area (TPSA) is 55.1 Å². The summed E-state index contributed by atoms with van der Waals surface area (Å²) in [4.78, 5) is 11.8. The van der Waals surface area contributed by atoms with Crippen LogP contribution in [-0.2, 0) is 4.79 Å². The van der Waals surface area contributed by atoms with Gasteiger partial charge in [-0.1, -0.05) is 38.0 Å². The van der Waals surface area contributed by atoms with Gasteiger partial charge in [-0.05, 0) is 19.4 Å². The minimum atomic E-state index is -0.515. The molecule has 0 bridgehead atoms. The normalized spacial score (nSPS) is 14.0. The van der Waals surface area contributed by atoms with Crippen LogP contribution in [0.2, 0.25) is 0 Å². The second kappa shape index (κ2) is 7.11. The van der Waals surface area contributed by atoms with Gasteiger partial charge >= 0.3 is 0 Å². The predicted molar refractivity (Wildman–Crippen MR) is 70.5 cm³/mol. The molecule has 2 atom stereocenters. The van der Waals surface area contributed by atoms with Gasteiger partial charge in [0.2, 0.25) is 5.91 Å². The molecule has 0 saturated heterocycles. The predicted octanol–water partition coefficient (Wildman–Crippen LogP) is 2.52. The lowest BCUT2D eigenvalue weighted by molar-refractivity contribution is -0.123. The number of amides is 1. The van der Waals surface area contributed by atoms with Crippen LogP contribution in [0.5, 0.6) is 0 Å². The molecular weight excluding hydrogens is 231 g/mol. The minimum absolute atomic E-state index is 0.223. The zero-order valence-electron chi connectivity index (χ0n) is 10.9. The number of nitrogens with two attached hydrogens (primary N) is 1. The van der Waals surface area contributed by atoms with Crippen molar-refractivity contribution in [3.8, 4) is 0 Å². The maximum atomic E-state index is 13.5. The Kier molecular flexibility index (Phi) is 5.78. The molecule has 1 aromatic carbocycles. The molecule has 0 aliphatic rings. The number of unbranched alkanes of at least 4 members (excludes halogenated alkanes) is 1. The second-order valence-corrected chi connectivity index (χ2v) is 4.50. The standard InChI is InChI=1S/C14H21FN2O/c1-3-4-9-13(16)14(18)17-10(2)11-7-5-6-8-12(11)15/h5-8,10,13H,3-4,9,16H2,1-2H3,(H,17,18)/t10-,13+/m1/s1. The summed E-state index contributed by atoms with van der Waals surface area (Å²) in [6.45, 7) is 3.80. The first-order valence-corrected chi connectivity index (χ1v) is 6.36. The lowest BCUT2D eigenvalue weighted by atomic mass is 10.1. The molecule has 0 aromatic heterocycles. The Morgan fingerprint density at radius 2 is 2.11 bits per heavy atom. The van der Waals surface area contributed by atoms with Gasteiger partial charge < -0.3 is 11.1 Å². The molecule has 4 heteroatoms. The van der Waals surface area contributed by atoms with Gasteiger partial charge in [-0.2, -0.15) is 0 Å². The fourth-order valence-electron chi connectivity index (χ4n) is 1.78. The summed E-state index contributed by atoms with van der Waals surface area (Å²) < 4.78 is 13.5. The number of hydrogen-bond donors (Lipinski definition) is 2. The lowest BCUT2D eigenvalue weighted by Crippen LogP contribution is -2.41. The summed E-state index contributed by atoms with van der Waals surface area (Å²) in [5.41, 5.74) is 6.24. The zero-order chi connectivity index (χ0) is 13.5. The highest BCUT2D eigenvalue weighted by Gasteiger charge is 2.17. The smallest absolute Gasteiger partial charge is 0.237 e. The summed E-state index contributed by atoms with van der Waals surface area (Å²) in [5, 5.41) is 2.74. The Bertz CT molecular complexity index is 395. The van der Waals surface area contributed by atoms with Crippen molar-refractivity contribution in [1.29, 1.82) is 0 Å². The monoisotopic (exact) mass is 252 g/mol. The minimum Gasteiger partial charge on any atom is -0.348 e. The molecule has 0 fully saturated rings. The van der Waals surface area contributed by atoms with Crippen LogP contribution in [0.1, 0.15) is 44.7 Å². The van der Waals surface area contributed by atoms with E-state index in [0.29, 0.717) is 12.0 Å². The van der Waals surface area contributed by atoms with Gasteiger partial charge in [0.25, 0.3) is 0 Å². The summed E-state index contributed by atoms with van der Waals surface area (Å²) >= 11 is 0. The summed E-state index contributed by atoms with van der Waals surface area (Å²) in [6.07, 6.45) is 2.58. The second-order valence-electron chi connectivity index (χ2n) is 4.50. The van der Waals surface area contributed by atoms with Crippen molar-refractivity contribution in [3.63, 3.8) is 0 Å². The SMILES string of the molecule is CCCC[C@H](N)C(=O)N[C@H](C)c1ccccc1F. The largest absolute Gasteiger partial charge is 0.348 e. The van der Waals surface area contributed by atoms with Crippen LogP contribution in [0.3, 0.4) is 0 Å². The number of carbonyl (C=O) groups is 1. The molecule has 0 spiro atoms. The summed E-state index contributed by atoms with van der Waals surface area (Å²) in [5.74, 6) is -0.536. The van der Waals surface area contributed by atoms with Crippen molar-refractivity contribution < 1.29 is 9.18 Å². The van der Waals surface area contributed by atoms with Crippen LogP contribution in [0.4, 0.5) is 4.39 Å². The molecule has 100 valence electrons. The zero-order valence-corrected chi connectivity index (χ0v) is 10.9. The highest BCUT2D eigenvalue weighted by molar-refractivity contribution is 5.81. The van der Waals surface area contributed by atoms with Gasteiger partial charge in [-0.3, -0.25) is 4.79 Å². The van der Waals surface area contributed by atoms with Crippen molar-refractivity contribution in [2.24, 2.45) is 5.73 Å². The highest BCUT2D eigenvalue weighted by Crippen LogP contribution is 2.16. The Hall–Kier alpha value is -1.42. The molecule has 0 heterocycles. The van der Waals surface area contributed by atoms with E-state index in [1.165, 1.54) is 6.07 Å². The Morgan fingerprint density at radius 1 is 1.44 bits per heavy atom. The average Bonchev–Trinajstić information content (AvgIpc) is 2.36. The van der Waals surface area contributed by atoms with Crippen LogP contribution in [0.25, 0.3) is 0 Å². The Labute approximate surface area is 108 Å². The van der Waals surface area contributed by atoms with Gasteiger partial charge in [0.05, 0.1) is 12.1 Å². The highest BCUT2D eigenvalue weighted by atomic mass is 19.1. The fraction of sp³-hybridized carbons (Fsp3) is 0.500. The van der Waals surface area contributed by atoms with E-state index in [9.17, 15) is 9.18 Å². The number of rotatable bonds is 6. The van der Waals surface area contributed by atoms with E-state index in [0.717, 1.165) is 12.8 Å². The van der Waals surface area contributed by atoms with Crippen molar-refractivity contribution in [1.82, 2.24) is 5.32 Å². The van der Waals surface area contributed by atoms with Gasteiger partial charge in [-0.15, -0.1) is 0 Å². The van der Waals surface area contributed by atoms with Crippen LogP contribution in [0, 0.1) is 5.82 Å². The molecule has 1 rings (SSSR count). The van der Waals surface area contributed by atoms with Crippen molar-refractivity contribution in [2.75, 3.05) is 0 Å². The average molecular weight is 252 g/mol. The number of carbonyl (C=O) groups excluding carboxylic acids is 1. The van der Waals surface area contributed by atoms with E-state index in [4.69, 9.17) is 5.73 Å². The first-order chi connectivity index (χ1) is 8.56. The van der Waals surface area contributed by atoms with Gasteiger partial charge in [0.15, 0.2) is 0 Å². The van der Waals surface area contributed by atoms with Gasteiger partial charge in [-0.25, -0.2) is 4.39 Å². The van der Waals surface area contributed by atoms with Crippen molar-refractivity contribution in [2.45, 2.75) is 45.2 Å². The van der Waals surface area contributed by atoms with E-state index in [2.05, 4.69) is 5.32 Å². The van der Waals surface area contributed by atoms with Gasteiger partial charge in [0, 0.05) is 5.56 Å². The molecule has 0 aliphatic heterocycles. The van der Waals surface area contributed by atoms with E-state index in [1.54, 1.807) is 25.1 Å². The van der Waals surface area contributed by atoms with E-state index >= 15 is 0 Å². The third-order valence-electron chi connectivity index (χ3n) is 2.94. The van der Waals surface area contributed by atoms with Crippen LogP contribution in [-0.4, -0.2) is 11.9 Å². The molecule has 0 unspecified atom stereocenters.